The van der Waals surface area contributed by atoms with Crippen LogP contribution in [-0.4, -0.2) is 73.2 Å². The van der Waals surface area contributed by atoms with Crippen LogP contribution in [0.15, 0.2) is 34.9 Å². The molecule has 2 aliphatic rings. The molecule has 0 atom stereocenters. The lowest BCUT2D eigenvalue weighted by atomic mass is 10.2. The summed E-state index contributed by atoms with van der Waals surface area (Å²) in [6, 6.07) is 8.21. The van der Waals surface area contributed by atoms with Crippen molar-refractivity contribution in [3.8, 4) is 5.75 Å². The second-order valence-corrected chi connectivity index (χ2v) is 8.52. The van der Waals surface area contributed by atoms with Crippen molar-refractivity contribution in [3.05, 3.63) is 47.7 Å². The fourth-order valence-electron chi connectivity index (χ4n) is 3.77. The van der Waals surface area contributed by atoms with Crippen LogP contribution in [0.4, 0.5) is 0 Å². The minimum atomic E-state index is -0.154. The lowest BCUT2D eigenvalue weighted by Crippen LogP contribution is -2.41. The molecule has 2 heterocycles. The summed E-state index contributed by atoms with van der Waals surface area (Å²) < 4.78 is 16.7. The summed E-state index contributed by atoms with van der Waals surface area (Å²) in [5.74, 6) is 1.92. The number of aromatic nitrogens is 1. The fourth-order valence-corrected chi connectivity index (χ4v) is 3.77. The Morgan fingerprint density at radius 3 is 2.72 bits per heavy atom. The number of nitrogens with one attached hydrogen (secondary N) is 1. The summed E-state index contributed by atoms with van der Waals surface area (Å²) in [5, 5.41) is 2.95. The van der Waals surface area contributed by atoms with Gasteiger partial charge in [0.1, 0.15) is 12.0 Å². The van der Waals surface area contributed by atoms with Gasteiger partial charge in [-0.1, -0.05) is 12.1 Å². The van der Waals surface area contributed by atoms with Crippen molar-refractivity contribution in [1.29, 1.82) is 0 Å². The number of hydrogen-bond acceptors (Lipinski definition) is 7. The molecule has 1 aliphatic carbocycles. The number of morpholine rings is 1. The number of oxazole rings is 1. The summed E-state index contributed by atoms with van der Waals surface area (Å²) in [6.45, 7) is 10.0. The van der Waals surface area contributed by atoms with Crippen LogP contribution in [0.3, 0.4) is 0 Å². The van der Waals surface area contributed by atoms with E-state index in [-0.39, 0.29) is 5.91 Å². The lowest BCUT2D eigenvalue weighted by molar-refractivity contribution is 0.0320. The zero-order valence-electron chi connectivity index (χ0n) is 18.9. The van der Waals surface area contributed by atoms with Crippen molar-refractivity contribution in [3.63, 3.8) is 0 Å². The topological polar surface area (TPSA) is 80.1 Å². The van der Waals surface area contributed by atoms with Gasteiger partial charge in [-0.05, 0) is 43.4 Å². The van der Waals surface area contributed by atoms with Crippen LogP contribution in [-0.2, 0) is 17.8 Å². The molecule has 1 aromatic heterocycles. The first-order valence-corrected chi connectivity index (χ1v) is 11.7. The van der Waals surface area contributed by atoms with E-state index in [2.05, 4.69) is 32.2 Å². The maximum absolute atomic E-state index is 12.3. The predicted molar refractivity (Wildman–Crippen MR) is 121 cm³/mol. The van der Waals surface area contributed by atoms with Gasteiger partial charge < -0.3 is 19.2 Å². The van der Waals surface area contributed by atoms with E-state index in [4.69, 9.17) is 13.9 Å². The summed E-state index contributed by atoms with van der Waals surface area (Å²) in [6.07, 6.45) is 3.87. The summed E-state index contributed by atoms with van der Waals surface area (Å²) >= 11 is 0. The maximum atomic E-state index is 12.3. The number of hydrogen-bond donors (Lipinski definition) is 1. The van der Waals surface area contributed by atoms with E-state index in [0.29, 0.717) is 30.7 Å². The monoisotopic (exact) mass is 442 g/mol. The zero-order chi connectivity index (χ0) is 22.2. The highest BCUT2D eigenvalue weighted by Crippen LogP contribution is 2.27. The fraction of sp³-hybridized carbons (Fsp3) is 0.583. The Morgan fingerprint density at radius 2 is 2.00 bits per heavy atom. The molecule has 2 aromatic rings. The van der Waals surface area contributed by atoms with E-state index in [1.165, 1.54) is 24.7 Å². The van der Waals surface area contributed by atoms with Crippen LogP contribution >= 0.6 is 0 Å². The highest BCUT2D eigenvalue weighted by atomic mass is 16.5. The number of ether oxygens (including phenoxy) is 2. The Morgan fingerprint density at radius 1 is 1.22 bits per heavy atom. The summed E-state index contributed by atoms with van der Waals surface area (Å²) in [4.78, 5) is 21.5. The number of carbonyl (C=O) groups is 1. The van der Waals surface area contributed by atoms with Crippen LogP contribution in [0.2, 0.25) is 0 Å². The van der Waals surface area contributed by atoms with Gasteiger partial charge in [-0.2, -0.15) is 0 Å². The van der Waals surface area contributed by atoms with Gasteiger partial charge in [-0.25, -0.2) is 4.98 Å². The summed E-state index contributed by atoms with van der Waals surface area (Å²) in [7, 11) is 0. The third-order valence-electron chi connectivity index (χ3n) is 5.87. The average molecular weight is 443 g/mol. The standard InChI is InChI=1S/C24H34N4O4/c1-2-31-21-7-5-20(6-8-21)16-28(10-9-27-11-13-30-14-12-27)17-23-26-22(18-32-23)24(29)25-15-19-3-4-19/h5-8,18-19H,2-4,9-17H2,1H3,(H,25,29). The molecule has 0 unspecified atom stereocenters. The van der Waals surface area contributed by atoms with E-state index in [1.807, 2.05) is 19.1 Å². The molecular weight excluding hydrogens is 408 g/mol. The van der Waals surface area contributed by atoms with Gasteiger partial charge in [0.2, 0.25) is 5.89 Å². The van der Waals surface area contributed by atoms with E-state index >= 15 is 0 Å². The SMILES string of the molecule is CCOc1ccc(CN(CCN2CCOCC2)Cc2nc(C(=O)NCC3CC3)co2)cc1. The van der Waals surface area contributed by atoms with Crippen LogP contribution < -0.4 is 10.1 Å². The van der Waals surface area contributed by atoms with Gasteiger partial charge in [-0.3, -0.25) is 14.6 Å². The molecule has 1 amide bonds. The maximum Gasteiger partial charge on any atom is 0.273 e. The number of carbonyl (C=O) groups excluding carboxylic acids is 1. The molecule has 32 heavy (non-hydrogen) atoms. The molecule has 8 heteroatoms. The number of nitrogens with zero attached hydrogens (tertiary/aromatic N) is 3. The minimum Gasteiger partial charge on any atom is -0.494 e. The Bertz CT molecular complexity index is 844. The van der Waals surface area contributed by atoms with Gasteiger partial charge in [0, 0.05) is 39.3 Å². The summed E-state index contributed by atoms with van der Waals surface area (Å²) in [5.41, 5.74) is 1.55. The quantitative estimate of drug-likeness (QED) is 0.541. The Balaban J connectivity index is 1.36. The normalized spacial score (nSPS) is 16.9. The zero-order valence-corrected chi connectivity index (χ0v) is 18.9. The van der Waals surface area contributed by atoms with Gasteiger partial charge >= 0.3 is 0 Å². The molecule has 174 valence electrons. The smallest absolute Gasteiger partial charge is 0.273 e. The van der Waals surface area contributed by atoms with Crippen molar-refractivity contribution in [2.24, 2.45) is 5.92 Å². The van der Waals surface area contributed by atoms with Crippen molar-refractivity contribution in [2.75, 3.05) is 52.5 Å². The van der Waals surface area contributed by atoms with Gasteiger partial charge in [0.25, 0.3) is 5.91 Å². The molecule has 1 saturated carbocycles. The molecule has 1 aromatic carbocycles. The molecule has 1 aliphatic heterocycles. The van der Waals surface area contributed by atoms with E-state index in [0.717, 1.165) is 58.2 Å². The molecule has 2 fully saturated rings. The number of benzene rings is 1. The highest BCUT2D eigenvalue weighted by molar-refractivity contribution is 5.91. The van der Waals surface area contributed by atoms with Gasteiger partial charge in [0.05, 0.1) is 26.4 Å². The molecule has 0 bridgehead atoms. The Kier molecular flexibility index (Phi) is 8.14. The minimum absolute atomic E-state index is 0.154. The average Bonchev–Trinajstić information content (AvgIpc) is 3.54. The molecular formula is C24H34N4O4. The first-order valence-electron chi connectivity index (χ1n) is 11.7. The molecule has 4 rings (SSSR count). The largest absolute Gasteiger partial charge is 0.494 e. The van der Waals surface area contributed by atoms with Crippen molar-refractivity contribution < 1.29 is 18.7 Å². The van der Waals surface area contributed by atoms with E-state index in [9.17, 15) is 4.79 Å². The molecule has 1 saturated heterocycles. The Labute approximate surface area is 189 Å². The lowest BCUT2D eigenvalue weighted by Gasteiger charge is -2.29. The highest BCUT2D eigenvalue weighted by Gasteiger charge is 2.23. The van der Waals surface area contributed by atoms with Crippen LogP contribution in [0.25, 0.3) is 0 Å². The third kappa shape index (κ3) is 7.05. The van der Waals surface area contributed by atoms with Crippen LogP contribution in [0, 0.1) is 5.92 Å². The predicted octanol–water partition coefficient (Wildman–Crippen LogP) is 2.55. The van der Waals surface area contributed by atoms with Crippen LogP contribution in [0.5, 0.6) is 5.75 Å². The Hall–Kier alpha value is -2.42. The number of amides is 1. The molecule has 1 N–H and O–H groups in total. The van der Waals surface area contributed by atoms with Crippen LogP contribution in [0.1, 0.15) is 41.7 Å². The first-order chi connectivity index (χ1) is 15.7. The van der Waals surface area contributed by atoms with Gasteiger partial charge in [0.15, 0.2) is 5.69 Å². The first kappa shape index (κ1) is 22.8. The van der Waals surface area contributed by atoms with Crippen molar-refractivity contribution >= 4 is 5.91 Å². The van der Waals surface area contributed by atoms with Gasteiger partial charge in [-0.15, -0.1) is 0 Å². The molecule has 8 nitrogen and oxygen atoms in total. The van der Waals surface area contributed by atoms with E-state index in [1.54, 1.807) is 0 Å². The van der Waals surface area contributed by atoms with Crippen molar-refractivity contribution in [1.82, 2.24) is 20.1 Å². The second-order valence-electron chi connectivity index (χ2n) is 8.52. The molecule has 0 spiro atoms. The number of rotatable bonds is 12. The third-order valence-corrected chi connectivity index (χ3v) is 5.87. The molecule has 0 radical (unpaired) electrons. The second kappa shape index (κ2) is 11.4. The van der Waals surface area contributed by atoms with Crippen molar-refractivity contribution in [2.45, 2.75) is 32.9 Å². The van der Waals surface area contributed by atoms with E-state index < -0.39 is 0 Å².